The van der Waals surface area contributed by atoms with Crippen molar-refractivity contribution in [3.8, 4) is 5.75 Å². The first-order chi connectivity index (χ1) is 9.16. The molecular weight excluding hydrogens is 258 g/mol. The summed E-state index contributed by atoms with van der Waals surface area (Å²) >= 11 is 0. The van der Waals surface area contributed by atoms with Crippen LogP contribution in [0.2, 0.25) is 0 Å². The first kappa shape index (κ1) is 13.6. The summed E-state index contributed by atoms with van der Waals surface area (Å²) < 4.78 is 17.6. The largest absolute Gasteiger partial charge is 0.493 e. The first-order valence-corrected chi connectivity index (χ1v) is 7.41. The molecule has 0 aliphatic carbocycles. The molecule has 1 unspecified atom stereocenters. The van der Waals surface area contributed by atoms with Crippen molar-refractivity contribution in [1.82, 2.24) is 0 Å². The van der Waals surface area contributed by atoms with E-state index in [2.05, 4.69) is 0 Å². The van der Waals surface area contributed by atoms with Gasteiger partial charge in [0.25, 0.3) is 0 Å². The van der Waals surface area contributed by atoms with Crippen molar-refractivity contribution in [3.05, 3.63) is 54.1 Å². The van der Waals surface area contributed by atoms with Crippen LogP contribution >= 0.6 is 0 Å². The monoisotopic (exact) mass is 275 g/mol. The van der Waals surface area contributed by atoms with E-state index >= 15 is 0 Å². The van der Waals surface area contributed by atoms with Gasteiger partial charge in [-0.2, -0.15) is 0 Å². The molecule has 2 rings (SSSR count). The number of hydrogen-bond acceptors (Lipinski definition) is 3. The maximum atomic E-state index is 12.1. The van der Waals surface area contributed by atoms with Crippen LogP contribution in [0.4, 0.5) is 5.69 Å². The molecule has 0 bridgehead atoms. The molecule has 0 spiro atoms. The molecule has 2 N–H and O–H groups in total. The van der Waals surface area contributed by atoms with Gasteiger partial charge < -0.3 is 10.5 Å². The second-order valence-electron chi connectivity index (χ2n) is 4.25. The van der Waals surface area contributed by atoms with Crippen LogP contribution < -0.4 is 10.5 Å². The van der Waals surface area contributed by atoms with Crippen LogP contribution in [0, 0.1) is 6.92 Å². The Morgan fingerprint density at radius 3 is 2.58 bits per heavy atom. The molecule has 100 valence electrons. The topological polar surface area (TPSA) is 52.3 Å². The Morgan fingerprint density at radius 1 is 1.16 bits per heavy atom. The minimum absolute atomic E-state index is 0.407. The van der Waals surface area contributed by atoms with E-state index in [1.165, 1.54) is 0 Å². The molecule has 0 radical (unpaired) electrons. The Labute approximate surface area is 115 Å². The first-order valence-electron chi connectivity index (χ1n) is 6.09. The number of aryl methyl sites for hydroxylation is 1. The molecule has 0 aliphatic heterocycles. The third kappa shape index (κ3) is 3.83. The van der Waals surface area contributed by atoms with Crippen molar-refractivity contribution in [2.24, 2.45) is 0 Å². The fraction of sp³-hybridized carbons (Fsp3) is 0.200. The number of anilines is 1. The van der Waals surface area contributed by atoms with Crippen LogP contribution in [0.1, 0.15) is 5.56 Å². The van der Waals surface area contributed by atoms with Crippen LogP contribution in [0.15, 0.2) is 53.4 Å². The number of rotatable bonds is 5. The van der Waals surface area contributed by atoms with Crippen molar-refractivity contribution >= 4 is 16.5 Å². The zero-order valence-corrected chi connectivity index (χ0v) is 11.7. The molecule has 0 heterocycles. The van der Waals surface area contributed by atoms with E-state index < -0.39 is 10.8 Å². The van der Waals surface area contributed by atoms with Crippen molar-refractivity contribution in [3.63, 3.8) is 0 Å². The van der Waals surface area contributed by atoms with E-state index in [1.807, 2.05) is 55.5 Å². The summed E-state index contributed by atoms with van der Waals surface area (Å²) in [4.78, 5) is 0.683. The summed E-state index contributed by atoms with van der Waals surface area (Å²) in [5, 5.41) is 0. The third-order valence-corrected chi connectivity index (χ3v) is 4.09. The van der Waals surface area contributed by atoms with Crippen LogP contribution in [-0.2, 0) is 10.8 Å². The van der Waals surface area contributed by atoms with E-state index in [4.69, 9.17) is 10.5 Å². The van der Waals surface area contributed by atoms with Crippen molar-refractivity contribution in [1.29, 1.82) is 0 Å². The fourth-order valence-corrected chi connectivity index (χ4v) is 2.73. The van der Waals surface area contributed by atoms with Gasteiger partial charge >= 0.3 is 0 Å². The van der Waals surface area contributed by atoms with Crippen LogP contribution in [0.3, 0.4) is 0 Å². The quantitative estimate of drug-likeness (QED) is 0.854. The number of nitrogen functional groups attached to an aromatic ring is 1. The molecule has 0 aliphatic rings. The Kier molecular flexibility index (Phi) is 4.58. The normalized spacial score (nSPS) is 12.1. The lowest BCUT2D eigenvalue weighted by molar-refractivity contribution is 0.342. The van der Waals surface area contributed by atoms with Gasteiger partial charge in [0.05, 0.1) is 21.4 Å². The minimum Gasteiger partial charge on any atom is -0.493 e. The van der Waals surface area contributed by atoms with Crippen molar-refractivity contribution in [2.75, 3.05) is 18.1 Å². The lowest BCUT2D eigenvalue weighted by atomic mass is 10.2. The third-order valence-electron chi connectivity index (χ3n) is 2.69. The van der Waals surface area contributed by atoms with Gasteiger partial charge in [-0.1, -0.05) is 24.3 Å². The molecule has 0 aromatic heterocycles. The molecule has 0 saturated carbocycles. The van der Waals surface area contributed by atoms with E-state index in [9.17, 15) is 4.21 Å². The van der Waals surface area contributed by atoms with Gasteiger partial charge in [-0.15, -0.1) is 0 Å². The average molecular weight is 275 g/mol. The number of hydrogen-bond donors (Lipinski definition) is 1. The molecule has 3 nitrogen and oxygen atoms in total. The van der Waals surface area contributed by atoms with E-state index in [1.54, 1.807) is 0 Å². The van der Waals surface area contributed by atoms with Gasteiger partial charge in [-0.25, -0.2) is 0 Å². The average Bonchev–Trinajstić information content (AvgIpc) is 2.39. The highest BCUT2D eigenvalue weighted by Crippen LogP contribution is 2.18. The number of ether oxygens (including phenoxy) is 1. The second kappa shape index (κ2) is 6.38. The number of nitrogens with two attached hydrogens (primary N) is 1. The lowest BCUT2D eigenvalue weighted by Gasteiger charge is -2.08. The molecular formula is C15H17NO2S. The Morgan fingerprint density at radius 2 is 1.89 bits per heavy atom. The molecule has 0 fully saturated rings. The summed E-state index contributed by atoms with van der Waals surface area (Å²) in [5.74, 6) is 1.22. The Bertz CT molecular complexity index is 570. The molecule has 19 heavy (non-hydrogen) atoms. The summed E-state index contributed by atoms with van der Waals surface area (Å²) in [6.45, 7) is 2.37. The highest BCUT2D eigenvalue weighted by Gasteiger charge is 2.08. The summed E-state index contributed by atoms with van der Waals surface area (Å²) in [7, 11) is -1.13. The van der Waals surface area contributed by atoms with Gasteiger partial charge in [0, 0.05) is 5.69 Å². The Hall–Kier alpha value is -1.81. The second-order valence-corrected chi connectivity index (χ2v) is 5.79. The molecule has 0 saturated heterocycles. The van der Waals surface area contributed by atoms with Crippen LogP contribution in [0.5, 0.6) is 5.75 Å². The molecule has 0 amide bonds. The molecule has 4 heteroatoms. The predicted molar refractivity (Wildman–Crippen MR) is 78.8 cm³/mol. The fourth-order valence-electron chi connectivity index (χ4n) is 1.74. The number of benzene rings is 2. The Balaban J connectivity index is 1.91. The molecule has 1 atom stereocenters. The van der Waals surface area contributed by atoms with Crippen molar-refractivity contribution < 1.29 is 8.95 Å². The van der Waals surface area contributed by atoms with E-state index in [0.717, 1.165) is 11.3 Å². The standard InChI is InChI=1S/C15H17NO2S/c1-12-7-8-15(14(16)11-12)19(17)10-9-18-13-5-3-2-4-6-13/h2-8,11H,9-10,16H2,1H3. The summed E-state index contributed by atoms with van der Waals surface area (Å²) in [6, 6.07) is 15.1. The maximum absolute atomic E-state index is 12.1. The van der Waals surface area contributed by atoms with Crippen LogP contribution in [-0.4, -0.2) is 16.6 Å². The minimum atomic E-state index is -1.13. The van der Waals surface area contributed by atoms with Gasteiger partial charge in [-0.3, -0.25) is 4.21 Å². The summed E-state index contributed by atoms with van der Waals surface area (Å²) in [6.07, 6.45) is 0. The maximum Gasteiger partial charge on any atom is 0.119 e. The lowest BCUT2D eigenvalue weighted by Crippen LogP contribution is -2.10. The van der Waals surface area contributed by atoms with E-state index in [0.29, 0.717) is 22.9 Å². The summed E-state index contributed by atoms with van der Waals surface area (Å²) in [5.41, 5.74) is 7.52. The van der Waals surface area contributed by atoms with Gasteiger partial charge in [0.2, 0.25) is 0 Å². The zero-order chi connectivity index (χ0) is 13.7. The zero-order valence-electron chi connectivity index (χ0n) is 10.8. The number of para-hydroxylation sites is 1. The highest BCUT2D eigenvalue weighted by atomic mass is 32.2. The van der Waals surface area contributed by atoms with Gasteiger partial charge in [-0.05, 0) is 36.8 Å². The SMILES string of the molecule is Cc1ccc(S(=O)CCOc2ccccc2)c(N)c1. The van der Waals surface area contributed by atoms with E-state index in [-0.39, 0.29) is 0 Å². The highest BCUT2D eigenvalue weighted by molar-refractivity contribution is 7.85. The predicted octanol–water partition coefficient (Wildman–Crippen LogP) is 2.76. The molecule has 2 aromatic rings. The van der Waals surface area contributed by atoms with Gasteiger partial charge in [0.15, 0.2) is 0 Å². The van der Waals surface area contributed by atoms with Crippen molar-refractivity contribution in [2.45, 2.75) is 11.8 Å². The van der Waals surface area contributed by atoms with Crippen LogP contribution in [0.25, 0.3) is 0 Å². The van der Waals surface area contributed by atoms with Gasteiger partial charge in [0.1, 0.15) is 12.4 Å². The smallest absolute Gasteiger partial charge is 0.119 e. The molecule has 2 aromatic carbocycles.